The zero-order valence-electron chi connectivity index (χ0n) is 20.3. The molecule has 188 valence electrons. The summed E-state index contributed by atoms with van der Waals surface area (Å²) in [6.07, 6.45) is -1.56. The number of aliphatic imine (C=N–C) groups is 1. The highest BCUT2D eigenvalue weighted by atomic mass is 19.1. The van der Waals surface area contributed by atoms with E-state index in [1.165, 1.54) is 13.1 Å². The van der Waals surface area contributed by atoms with Crippen LogP contribution in [0.3, 0.4) is 0 Å². The first-order valence-electron chi connectivity index (χ1n) is 11.1. The first-order valence-corrected chi connectivity index (χ1v) is 11.1. The summed E-state index contributed by atoms with van der Waals surface area (Å²) in [5.41, 5.74) is 3.85. The Morgan fingerprint density at radius 2 is 2.00 bits per heavy atom. The van der Waals surface area contributed by atoms with Crippen molar-refractivity contribution in [1.29, 1.82) is 0 Å². The lowest BCUT2D eigenvalue weighted by molar-refractivity contribution is -0.180. The quantitative estimate of drug-likeness (QED) is 0.418. The number of carbonyl (C=O) groups excluding carboxylic acids is 2. The number of nitrogen functional groups attached to an aromatic ring is 1. The number of aromatic nitrogens is 2. The fourth-order valence-electron chi connectivity index (χ4n) is 3.88. The van der Waals surface area contributed by atoms with Gasteiger partial charge < -0.3 is 30.0 Å². The van der Waals surface area contributed by atoms with E-state index in [2.05, 4.69) is 20.3 Å². The Bertz CT molecular complexity index is 964. The maximum atomic E-state index is 16.3. The fourth-order valence-corrected chi connectivity index (χ4v) is 3.88. The van der Waals surface area contributed by atoms with Crippen LogP contribution in [0.25, 0.3) is 0 Å². The van der Waals surface area contributed by atoms with Crippen LogP contribution in [-0.4, -0.2) is 72.5 Å². The van der Waals surface area contributed by atoms with E-state index in [1.807, 2.05) is 0 Å². The van der Waals surface area contributed by atoms with Crippen LogP contribution >= 0.6 is 0 Å². The number of anilines is 2. The molecule has 1 aromatic rings. The van der Waals surface area contributed by atoms with Gasteiger partial charge in [0.1, 0.15) is 30.6 Å². The highest BCUT2D eigenvalue weighted by Crippen LogP contribution is 2.47. The predicted octanol–water partition coefficient (Wildman–Crippen LogP) is 2.28. The second kappa shape index (κ2) is 9.79. The normalized spacial score (nSPS) is 28.0. The number of nitrogens with zero attached hydrogens (tertiary/aromatic N) is 3. The van der Waals surface area contributed by atoms with Crippen LogP contribution in [0.2, 0.25) is 0 Å². The topological polar surface area (TPSA) is 147 Å². The maximum Gasteiger partial charge on any atom is 0.313 e. The second-order valence-corrected chi connectivity index (χ2v) is 9.39. The summed E-state index contributed by atoms with van der Waals surface area (Å²) >= 11 is 0. The molecular formula is C22H32FN5O6. The SMILES string of the molecule is CCC(=O)OC[C@H]1OC(C2C=Nc3c(NC)nc(N)nc32)[C@](C)(F)[C@@H]1OCOC(=O)C(C)(C)C. The molecule has 0 radical (unpaired) electrons. The van der Waals surface area contributed by atoms with Crippen molar-refractivity contribution < 1.29 is 32.9 Å². The molecule has 1 aromatic heterocycles. The zero-order chi connectivity index (χ0) is 25.3. The lowest BCUT2D eigenvalue weighted by Gasteiger charge is -2.29. The number of nitrogens with one attached hydrogen (secondary N) is 1. The average molecular weight is 482 g/mol. The van der Waals surface area contributed by atoms with Crippen molar-refractivity contribution in [3.8, 4) is 0 Å². The predicted molar refractivity (Wildman–Crippen MR) is 122 cm³/mol. The molecule has 1 saturated heterocycles. The van der Waals surface area contributed by atoms with Crippen LogP contribution in [0.5, 0.6) is 0 Å². The number of ether oxygens (including phenoxy) is 4. The van der Waals surface area contributed by atoms with Gasteiger partial charge >= 0.3 is 11.9 Å². The number of nitrogens with two attached hydrogens (primary N) is 1. The third-order valence-electron chi connectivity index (χ3n) is 5.69. The summed E-state index contributed by atoms with van der Waals surface area (Å²) in [5.74, 6) is -1.24. The summed E-state index contributed by atoms with van der Waals surface area (Å²) in [4.78, 5) is 36.5. The number of carbonyl (C=O) groups is 2. The van der Waals surface area contributed by atoms with E-state index in [-0.39, 0.29) is 19.0 Å². The molecule has 2 unspecified atom stereocenters. The van der Waals surface area contributed by atoms with E-state index in [0.717, 1.165) is 0 Å². The summed E-state index contributed by atoms with van der Waals surface area (Å²) in [6, 6.07) is 0. The molecular weight excluding hydrogens is 449 g/mol. The van der Waals surface area contributed by atoms with Crippen LogP contribution in [0.4, 0.5) is 21.8 Å². The summed E-state index contributed by atoms with van der Waals surface area (Å²) in [6.45, 7) is 7.34. The minimum Gasteiger partial charge on any atom is -0.463 e. The molecule has 2 aliphatic rings. The Labute approximate surface area is 197 Å². The van der Waals surface area contributed by atoms with Crippen molar-refractivity contribution in [3.05, 3.63) is 5.69 Å². The average Bonchev–Trinajstić information content (AvgIpc) is 3.28. The molecule has 3 rings (SSSR count). The lowest BCUT2D eigenvalue weighted by Crippen LogP contribution is -2.46. The van der Waals surface area contributed by atoms with Crippen molar-refractivity contribution in [1.82, 2.24) is 9.97 Å². The maximum absolute atomic E-state index is 16.3. The Morgan fingerprint density at radius 3 is 2.62 bits per heavy atom. The van der Waals surface area contributed by atoms with Crippen molar-refractivity contribution in [2.24, 2.45) is 10.4 Å². The van der Waals surface area contributed by atoms with Gasteiger partial charge in [0, 0.05) is 19.7 Å². The smallest absolute Gasteiger partial charge is 0.313 e. The van der Waals surface area contributed by atoms with Gasteiger partial charge in [-0.05, 0) is 27.7 Å². The number of alkyl halides is 1. The van der Waals surface area contributed by atoms with E-state index >= 15 is 4.39 Å². The minimum atomic E-state index is -2.09. The number of halogens is 1. The molecule has 0 aliphatic carbocycles. The first kappa shape index (κ1) is 25.8. The van der Waals surface area contributed by atoms with Gasteiger partial charge in [0.2, 0.25) is 5.95 Å². The van der Waals surface area contributed by atoms with Crippen molar-refractivity contribution in [2.75, 3.05) is 31.5 Å². The van der Waals surface area contributed by atoms with Crippen LogP contribution in [0, 0.1) is 5.41 Å². The molecule has 3 heterocycles. The second-order valence-electron chi connectivity index (χ2n) is 9.39. The number of fused-ring (bicyclic) bond motifs is 1. The van der Waals surface area contributed by atoms with E-state index < -0.39 is 54.0 Å². The van der Waals surface area contributed by atoms with Crippen LogP contribution in [0.1, 0.15) is 52.7 Å². The summed E-state index contributed by atoms with van der Waals surface area (Å²) < 4.78 is 38.4. The molecule has 11 nitrogen and oxygen atoms in total. The van der Waals surface area contributed by atoms with Crippen molar-refractivity contribution >= 4 is 35.6 Å². The van der Waals surface area contributed by atoms with Gasteiger partial charge in [0.25, 0.3) is 0 Å². The fraction of sp³-hybridized carbons (Fsp3) is 0.682. The van der Waals surface area contributed by atoms with Crippen molar-refractivity contribution in [3.63, 3.8) is 0 Å². The number of esters is 2. The van der Waals surface area contributed by atoms with Crippen LogP contribution in [-0.2, 0) is 28.5 Å². The Morgan fingerprint density at radius 1 is 1.29 bits per heavy atom. The third kappa shape index (κ3) is 5.12. The lowest BCUT2D eigenvalue weighted by atomic mass is 9.86. The Balaban J connectivity index is 1.84. The molecule has 0 saturated carbocycles. The highest BCUT2D eigenvalue weighted by molar-refractivity contribution is 5.85. The number of hydrogen-bond donors (Lipinski definition) is 2. The van der Waals surface area contributed by atoms with Crippen molar-refractivity contribution in [2.45, 2.75) is 70.9 Å². The molecule has 0 bridgehead atoms. The summed E-state index contributed by atoms with van der Waals surface area (Å²) in [5, 5.41) is 2.90. The van der Waals surface area contributed by atoms with Gasteiger partial charge in [0.15, 0.2) is 18.3 Å². The molecule has 1 fully saturated rings. The monoisotopic (exact) mass is 481 g/mol. The molecule has 0 amide bonds. The van der Waals surface area contributed by atoms with E-state index in [0.29, 0.717) is 17.2 Å². The van der Waals surface area contributed by atoms with Gasteiger partial charge in [-0.2, -0.15) is 4.98 Å². The Hall–Kier alpha value is -2.86. The minimum absolute atomic E-state index is 0.00692. The molecule has 5 atom stereocenters. The third-order valence-corrected chi connectivity index (χ3v) is 5.69. The van der Waals surface area contributed by atoms with Crippen LogP contribution < -0.4 is 11.1 Å². The van der Waals surface area contributed by atoms with Gasteiger partial charge in [-0.1, -0.05) is 6.92 Å². The molecule has 0 spiro atoms. The van der Waals surface area contributed by atoms with E-state index in [1.54, 1.807) is 34.7 Å². The number of hydrogen-bond acceptors (Lipinski definition) is 11. The molecule has 2 aliphatic heterocycles. The highest BCUT2D eigenvalue weighted by Gasteiger charge is 2.59. The largest absolute Gasteiger partial charge is 0.463 e. The van der Waals surface area contributed by atoms with Gasteiger partial charge in [0.05, 0.1) is 17.0 Å². The summed E-state index contributed by atoms with van der Waals surface area (Å²) in [7, 11) is 1.66. The molecule has 0 aromatic carbocycles. The standard InChI is InChI=1S/C22H32FN5O6/c1-7-13(29)31-9-12-17(32-10-33-19(30)21(2,3)4)22(5,23)16(34-12)11-8-26-15-14(11)27-20(24)28-18(15)25-6/h8,11-12,16-17H,7,9-10H2,1-6H3,(H3,24,25,27,28)/t11?,12-,16?,17-,22+/m1/s1. The van der Waals surface area contributed by atoms with E-state index in [9.17, 15) is 9.59 Å². The molecule has 3 N–H and O–H groups in total. The zero-order valence-corrected chi connectivity index (χ0v) is 20.3. The van der Waals surface area contributed by atoms with Crippen LogP contribution in [0.15, 0.2) is 4.99 Å². The first-order chi connectivity index (χ1) is 15.9. The Kier molecular flexibility index (Phi) is 7.41. The molecule has 12 heteroatoms. The van der Waals surface area contributed by atoms with Gasteiger partial charge in [-0.25, -0.2) is 9.37 Å². The van der Waals surface area contributed by atoms with Gasteiger partial charge in [-0.3, -0.25) is 14.6 Å². The number of rotatable bonds is 8. The van der Waals surface area contributed by atoms with Gasteiger partial charge in [-0.15, -0.1) is 0 Å². The molecule has 34 heavy (non-hydrogen) atoms. The van der Waals surface area contributed by atoms with E-state index in [4.69, 9.17) is 24.7 Å².